The Morgan fingerprint density at radius 1 is 1.39 bits per heavy atom. The van der Waals surface area contributed by atoms with Crippen LogP contribution in [0.5, 0.6) is 0 Å². The largest absolute Gasteiger partial charge is 0.480 e. The number of hydrogen-bond donors (Lipinski definition) is 1. The van der Waals surface area contributed by atoms with E-state index in [4.69, 9.17) is 0 Å². The van der Waals surface area contributed by atoms with E-state index in [1.807, 2.05) is 6.07 Å². The molecule has 0 radical (unpaired) electrons. The van der Waals surface area contributed by atoms with Gasteiger partial charge in [0.15, 0.2) is 0 Å². The number of benzene rings is 1. The van der Waals surface area contributed by atoms with Crippen molar-refractivity contribution in [1.82, 2.24) is 4.90 Å². The predicted octanol–water partition coefficient (Wildman–Crippen LogP) is 2.41. The molecule has 1 aromatic carbocycles. The van der Waals surface area contributed by atoms with Gasteiger partial charge in [-0.05, 0) is 44.7 Å². The molecule has 1 heterocycles. The maximum atomic E-state index is 11.2. The highest BCUT2D eigenvalue weighted by Crippen LogP contribution is 2.27. The number of carboxylic acid groups (broad SMARTS) is 1. The lowest BCUT2D eigenvalue weighted by Crippen LogP contribution is -2.48. The van der Waals surface area contributed by atoms with Crippen molar-refractivity contribution >= 4 is 5.97 Å². The Hall–Kier alpha value is -1.35. The summed E-state index contributed by atoms with van der Waals surface area (Å²) in [4.78, 5) is 13.3. The standard InChI is InChI=1S/C15H21NO2/c1-15(2,14(17)18)16-9-8-13(11-16)10-12-6-4-3-5-7-12/h3-7,13H,8-11H2,1-2H3,(H,17,18). The summed E-state index contributed by atoms with van der Waals surface area (Å²) < 4.78 is 0. The first kappa shape index (κ1) is 13.1. The first-order valence-corrected chi connectivity index (χ1v) is 6.52. The molecular weight excluding hydrogens is 226 g/mol. The van der Waals surface area contributed by atoms with Gasteiger partial charge < -0.3 is 5.11 Å². The highest BCUT2D eigenvalue weighted by atomic mass is 16.4. The second kappa shape index (κ2) is 5.11. The maximum absolute atomic E-state index is 11.2. The van der Waals surface area contributed by atoms with Crippen molar-refractivity contribution in [3.63, 3.8) is 0 Å². The lowest BCUT2D eigenvalue weighted by Gasteiger charge is -2.31. The van der Waals surface area contributed by atoms with Gasteiger partial charge in [-0.25, -0.2) is 0 Å². The number of nitrogens with zero attached hydrogens (tertiary/aromatic N) is 1. The molecule has 18 heavy (non-hydrogen) atoms. The summed E-state index contributed by atoms with van der Waals surface area (Å²) in [6.07, 6.45) is 2.14. The fourth-order valence-electron chi connectivity index (χ4n) is 2.59. The minimum absolute atomic E-state index is 0.575. The normalized spacial score (nSPS) is 21.1. The minimum atomic E-state index is -0.745. The van der Waals surface area contributed by atoms with E-state index in [9.17, 15) is 9.90 Å². The van der Waals surface area contributed by atoms with Gasteiger partial charge in [-0.3, -0.25) is 9.69 Å². The second-order valence-corrected chi connectivity index (χ2v) is 5.65. The Labute approximate surface area is 108 Å². The van der Waals surface area contributed by atoms with Crippen molar-refractivity contribution < 1.29 is 9.90 Å². The molecule has 0 amide bonds. The van der Waals surface area contributed by atoms with E-state index >= 15 is 0 Å². The number of rotatable bonds is 4. The van der Waals surface area contributed by atoms with Crippen molar-refractivity contribution in [2.24, 2.45) is 5.92 Å². The molecule has 1 aliphatic heterocycles. The van der Waals surface area contributed by atoms with Crippen LogP contribution in [0.4, 0.5) is 0 Å². The number of likely N-dealkylation sites (tertiary alicyclic amines) is 1. The van der Waals surface area contributed by atoms with Crippen molar-refractivity contribution in [1.29, 1.82) is 0 Å². The van der Waals surface area contributed by atoms with Crippen LogP contribution in [0.15, 0.2) is 30.3 Å². The molecule has 2 rings (SSSR count). The number of hydrogen-bond acceptors (Lipinski definition) is 2. The molecule has 1 aromatic rings. The van der Waals surface area contributed by atoms with E-state index < -0.39 is 11.5 Å². The third-order valence-electron chi connectivity index (χ3n) is 3.97. The van der Waals surface area contributed by atoms with Crippen molar-refractivity contribution in [2.75, 3.05) is 13.1 Å². The molecule has 1 unspecified atom stereocenters. The molecule has 1 aliphatic rings. The van der Waals surface area contributed by atoms with Crippen LogP contribution in [0.1, 0.15) is 25.8 Å². The van der Waals surface area contributed by atoms with Crippen LogP contribution in [0.3, 0.4) is 0 Å². The number of carboxylic acids is 1. The van der Waals surface area contributed by atoms with E-state index in [2.05, 4.69) is 29.2 Å². The Bertz CT molecular complexity index is 414. The van der Waals surface area contributed by atoms with Gasteiger partial charge in [0.2, 0.25) is 0 Å². The zero-order chi connectivity index (χ0) is 13.2. The molecule has 0 bridgehead atoms. The topological polar surface area (TPSA) is 40.5 Å². The molecule has 0 saturated carbocycles. The van der Waals surface area contributed by atoms with Crippen LogP contribution >= 0.6 is 0 Å². The van der Waals surface area contributed by atoms with Crippen LogP contribution in [-0.4, -0.2) is 34.6 Å². The van der Waals surface area contributed by atoms with Crippen LogP contribution in [0, 0.1) is 5.92 Å². The minimum Gasteiger partial charge on any atom is -0.480 e. The Kier molecular flexibility index (Phi) is 3.71. The third-order valence-corrected chi connectivity index (χ3v) is 3.97. The summed E-state index contributed by atoms with van der Waals surface area (Å²) in [6, 6.07) is 10.4. The average molecular weight is 247 g/mol. The van der Waals surface area contributed by atoms with Crippen LogP contribution in [0.25, 0.3) is 0 Å². The van der Waals surface area contributed by atoms with Crippen LogP contribution < -0.4 is 0 Å². The summed E-state index contributed by atoms with van der Waals surface area (Å²) in [5, 5.41) is 9.24. The smallest absolute Gasteiger partial charge is 0.323 e. The highest BCUT2D eigenvalue weighted by Gasteiger charge is 2.38. The quantitative estimate of drug-likeness (QED) is 0.888. The van der Waals surface area contributed by atoms with Gasteiger partial charge in [-0.1, -0.05) is 30.3 Å². The number of aliphatic carboxylic acids is 1. The summed E-state index contributed by atoms with van der Waals surface area (Å²) >= 11 is 0. The van der Waals surface area contributed by atoms with Gasteiger partial charge in [0.1, 0.15) is 5.54 Å². The van der Waals surface area contributed by atoms with Crippen molar-refractivity contribution in [3.05, 3.63) is 35.9 Å². The fourth-order valence-corrected chi connectivity index (χ4v) is 2.59. The van der Waals surface area contributed by atoms with E-state index in [0.717, 1.165) is 25.9 Å². The first-order valence-electron chi connectivity index (χ1n) is 6.52. The molecule has 1 saturated heterocycles. The van der Waals surface area contributed by atoms with Crippen molar-refractivity contribution in [3.8, 4) is 0 Å². The summed E-state index contributed by atoms with van der Waals surface area (Å²) in [6.45, 7) is 5.35. The van der Waals surface area contributed by atoms with Crippen molar-refractivity contribution in [2.45, 2.75) is 32.2 Å². The van der Waals surface area contributed by atoms with Crippen LogP contribution in [-0.2, 0) is 11.2 Å². The molecule has 1 atom stereocenters. The number of carbonyl (C=O) groups is 1. The fraction of sp³-hybridized carbons (Fsp3) is 0.533. The van der Waals surface area contributed by atoms with Gasteiger partial charge >= 0.3 is 5.97 Å². The molecule has 1 fully saturated rings. The molecular formula is C15H21NO2. The van der Waals surface area contributed by atoms with Gasteiger partial charge in [0.25, 0.3) is 0 Å². The van der Waals surface area contributed by atoms with E-state index in [1.165, 1.54) is 5.56 Å². The average Bonchev–Trinajstić information content (AvgIpc) is 2.79. The molecule has 3 nitrogen and oxygen atoms in total. The Morgan fingerprint density at radius 2 is 2.06 bits per heavy atom. The molecule has 0 aliphatic carbocycles. The van der Waals surface area contributed by atoms with Gasteiger partial charge in [0.05, 0.1) is 0 Å². The maximum Gasteiger partial charge on any atom is 0.323 e. The Morgan fingerprint density at radius 3 is 2.67 bits per heavy atom. The van der Waals surface area contributed by atoms with Crippen LogP contribution in [0.2, 0.25) is 0 Å². The molecule has 0 aromatic heterocycles. The molecule has 0 spiro atoms. The second-order valence-electron chi connectivity index (χ2n) is 5.65. The summed E-state index contributed by atoms with van der Waals surface area (Å²) in [5.41, 5.74) is 0.600. The third kappa shape index (κ3) is 2.72. The molecule has 98 valence electrons. The SMILES string of the molecule is CC(C)(C(=O)O)N1CCC(Cc2ccccc2)C1. The monoisotopic (exact) mass is 247 g/mol. The first-order chi connectivity index (χ1) is 8.50. The summed E-state index contributed by atoms with van der Waals surface area (Å²) in [7, 11) is 0. The Balaban J connectivity index is 1.95. The molecule has 3 heteroatoms. The van der Waals surface area contributed by atoms with Gasteiger partial charge in [-0.2, -0.15) is 0 Å². The zero-order valence-corrected chi connectivity index (χ0v) is 11.1. The van der Waals surface area contributed by atoms with E-state index in [0.29, 0.717) is 5.92 Å². The molecule has 1 N–H and O–H groups in total. The summed E-state index contributed by atoms with van der Waals surface area (Å²) in [5.74, 6) is -0.158. The van der Waals surface area contributed by atoms with E-state index in [-0.39, 0.29) is 0 Å². The highest BCUT2D eigenvalue weighted by molar-refractivity contribution is 5.77. The zero-order valence-electron chi connectivity index (χ0n) is 11.1. The lowest BCUT2D eigenvalue weighted by atomic mass is 9.98. The lowest BCUT2D eigenvalue weighted by molar-refractivity contribution is -0.148. The van der Waals surface area contributed by atoms with Gasteiger partial charge in [0, 0.05) is 6.54 Å². The van der Waals surface area contributed by atoms with E-state index in [1.54, 1.807) is 13.8 Å². The predicted molar refractivity (Wildman–Crippen MR) is 71.5 cm³/mol. The van der Waals surface area contributed by atoms with Gasteiger partial charge in [-0.15, -0.1) is 0 Å².